The number of rotatable bonds is 6. The maximum atomic E-state index is 10.7. The molecule has 0 bridgehead atoms. The fourth-order valence-corrected chi connectivity index (χ4v) is 11.0. The number of halogens is 2. The number of fused-ring (bicyclic) bond motifs is 10. The summed E-state index contributed by atoms with van der Waals surface area (Å²) < 4.78 is 173. The molecule has 77 heavy (non-hydrogen) atoms. The predicted molar refractivity (Wildman–Crippen MR) is 325 cm³/mol. The van der Waals surface area contributed by atoms with Crippen molar-refractivity contribution in [3.8, 4) is 44.5 Å². The van der Waals surface area contributed by atoms with Gasteiger partial charge in [-0.1, -0.05) is 189 Å². The molecule has 2 aromatic heterocycles. The summed E-state index contributed by atoms with van der Waals surface area (Å²) in [6.45, 7) is 4.30. The first-order chi connectivity index (χ1) is 44.4. The van der Waals surface area contributed by atoms with Crippen molar-refractivity contribution in [1.82, 2.24) is 0 Å². The molecule has 0 saturated heterocycles. The van der Waals surface area contributed by atoms with Crippen LogP contribution in [0.5, 0.6) is 0 Å². The second-order valence-corrected chi connectivity index (χ2v) is 20.9. The maximum absolute atomic E-state index is 10.7. The van der Waals surface area contributed by atoms with E-state index in [1.807, 2.05) is 20.8 Å². The molecule has 15 rings (SSSR count). The highest BCUT2D eigenvalue weighted by Crippen LogP contribution is 2.52. The van der Waals surface area contributed by atoms with Crippen LogP contribution in [0.3, 0.4) is 0 Å². The summed E-state index contributed by atoms with van der Waals surface area (Å²) >= 11 is 14.2. The van der Waals surface area contributed by atoms with Gasteiger partial charge in [0.2, 0.25) is 0 Å². The van der Waals surface area contributed by atoms with Crippen LogP contribution < -0.4 is 26.2 Å². The van der Waals surface area contributed by atoms with E-state index in [1.165, 1.54) is 9.80 Å². The van der Waals surface area contributed by atoms with Gasteiger partial charge in [0.15, 0.2) is 11.2 Å². The Morgan fingerprint density at radius 2 is 0.766 bits per heavy atom. The molecule has 0 fully saturated rings. The van der Waals surface area contributed by atoms with Gasteiger partial charge < -0.3 is 18.6 Å². The molecule has 13 aromatic rings. The van der Waals surface area contributed by atoms with E-state index in [9.17, 15) is 21.9 Å². The lowest BCUT2D eigenvalue weighted by Crippen LogP contribution is -2.61. The van der Waals surface area contributed by atoms with Crippen LogP contribution in [0.2, 0.25) is 10.0 Å². The van der Waals surface area contributed by atoms with Crippen LogP contribution in [0.4, 0.5) is 34.1 Å². The van der Waals surface area contributed by atoms with Crippen molar-refractivity contribution >= 4 is 124 Å². The summed E-state index contributed by atoms with van der Waals surface area (Å²) in [6, 6.07) is 31.5. The number of hydrogen-bond acceptors (Lipinski definition) is 4. The Labute approximate surface area is 479 Å². The summed E-state index contributed by atoms with van der Waals surface area (Å²) in [4.78, 5) is 2.98. The molecule has 2 aliphatic rings. The van der Waals surface area contributed by atoms with Crippen LogP contribution in [0.25, 0.3) is 88.4 Å². The standard InChI is InChI=1S/C70H47BCl2N2O2/c1-70(2,3)50-38-61-67-62(39-50)75(64-37-49(45-22-14-7-15-23-45)35-56-54-33-47(43-18-10-5-11-19-43)25-31-66(54)77-69(56)64)60-41-52(73)27-29-58(60)71(67)57-28-26-51(72)40-59(57)74(61)63-36-48(44-20-12-6-13-21-44)34-55-53-32-46(42-16-8-4-9-17-42)24-30-65(53)76-68(55)63/h4-41H,1-3H3/i24D,25D,26D,27D,28D,29D,30D,31D,32D,33D,34D,35D,36D,37D,40D,41D. The van der Waals surface area contributed by atoms with Crippen molar-refractivity contribution in [2.45, 2.75) is 26.2 Å². The Hall–Kier alpha value is -8.74. The molecule has 0 radical (unpaired) electrons. The second kappa shape index (κ2) is 17.4. The number of hydrogen-bond donors (Lipinski definition) is 0. The van der Waals surface area contributed by atoms with Crippen LogP contribution in [-0.4, -0.2) is 6.71 Å². The van der Waals surface area contributed by atoms with Crippen LogP contribution in [0.1, 0.15) is 48.3 Å². The molecule has 11 aromatic carbocycles. The highest BCUT2D eigenvalue weighted by Gasteiger charge is 2.45. The third-order valence-corrected chi connectivity index (χ3v) is 14.8. The average Bonchev–Trinajstić information content (AvgIpc) is 1.05. The summed E-state index contributed by atoms with van der Waals surface area (Å²) in [5.74, 6) is 0. The van der Waals surface area contributed by atoms with Gasteiger partial charge in [0.1, 0.15) is 11.2 Å². The largest absolute Gasteiger partial charge is 0.454 e. The van der Waals surface area contributed by atoms with Gasteiger partial charge in [-0.05, 0) is 157 Å². The minimum absolute atomic E-state index is 0.0184. The van der Waals surface area contributed by atoms with Crippen LogP contribution in [0, 0.1) is 0 Å². The molecule has 0 atom stereocenters. The van der Waals surface area contributed by atoms with Gasteiger partial charge in [0.25, 0.3) is 6.71 Å². The first-order valence-electron chi connectivity index (χ1n) is 32.9. The smallest absolute Gasteiger partial charge is 0.252 e. The Bertz CT molecular complexity index is 5170. The molecular weight excluding hydrogens is 982 g/mol. The predicted octanol–water partition coefficient (Wildman–Crippen LogP) is 18.8. The van der Waals surface area contributed by atoms with E-state index in [0.29, 0.717) is 27.8 Å². The summed E-state index contributed by atoms with van der Waals surface area (Å²) in [5, 5.41) is -1.07. The van der Waals surface area contributed by atoms with Crippen molar-refractivity contribution in [3.05, 3.63) is 246 Å². The van der Waals surface area contributed by atoms with Gasteiger partial charge in [0.05, 0.1) is 33.3 Å². The quantitative estimate of drug-likeness (QED) is 0.155. The Morgan fingerprint density at radius 3 is 1.16 bits per heavy atom. The monoisotopic (exact) mass is 1040 g/mol. The van der Waals surface area contributed by atoms with Crippen molar-refractivity contribution in [2.75, 3.05) is 9.80 Å². The minimum Gasteiger partial charge on any atom is -0.454 e. The van der Waals surface area contributed by atoms with Crippen LogP contribution >= 0.6 is 23.2 Å². The average molecular weight is 1050 g/mol. The lowest BCUT2D eigenvalue weighted by Gasteiger charge is -2.45. The van der Waals surface area contributed by atoms with E-state index < -0.39 is 70.5 Å². The lowest BCUT2D eigenvalue weighted by atomic mass is 9.33. The van der Waals surface area contributed by atoms with Crippen molar-refractivity contribution in [3.63, 3.8) is 0 Å². The third-order valence-electron chi connectivity index (χ3n) is 14.4. The number of nitrogens with zero attached hydrogens (tertiary/aromatic N) is 2. The van der Waals surface area contributed by atoms with Gasteiger partial charge in [-0.3, -0.25) is 0 Å². The van der Waals surface area contributed by atoms with Gasteiger partial charge in [-0.2, -0.15) is 0 Å². The van der Waals surface area contributed by atoms with E-state index in [-0.39, 0.29) is 165 Å². The molecule has 2 aliphatic heterocycles. The van der Waals surface area contributed by atoms with E-state index in [4.69, 9.17) is 32.0 Å². The fourth-order valence-electron chi connectivity index (χ4n) is 10.8. The van der Waals surface area contributed by atoms with Crippen LogP contribution in [0.15, 0.2) is 239 Å². The van der Waals surface area contributed by atoms with Gasteiger partial charge in [-0.25, -0.2) is 0 Å². The molecule has 0 saturated carbocycles. The van der Waals surface area contributed by atoms with Crippen molar-refractivity contribution in [1.29, 1.82) is 0 Å². The highest BCUT2D eigenvalue weighted by molar-refractivity contribution is 7.00. The molecule has 366 valence electrons. The third kappa shape index (κ3) is 7.36. The van der Waals surface area contributed by atoms with Gasteiger partial charge in [0, 0.05) is 54.3 Å². The number of anilines is 6. The summed E-state index contributed by atoms with van der Waals surface area (Å²) in [5.41, 5.74) is -0.122. The lowest BCUT2D eigenvalue weighted by molar-refractivity contribution is 0.590. The molecule has 0 unspecified atom stereocenters. The summed E-state index contributed by atoms with van der Waals surface area (Å²) in [6.07, 6.45) is 0. The molecule has 7 heteroatoms. The Kier molecular flexibility index (Phi) is 7.23. The second-order valence-electron chi connectivity index (χ2n) is 20.1. The fraction of sp³-hybridized carbons (Fsp3) is 0.0571. The zero-order chi connectivity index (χ0) is 65.6. The first-order valence-corrected chi connectivity index (χ1v) is 25.7. The molecule has 0 amide bonds. The van der Waals surface area contributed by atoms with E-state index >= 15 is 0 Å². The Morgan fingerprint density at radius 1 is 0.390 bits per heavy atom. The van der Waals surface area contributed by atoms with E-state index in [0.717, 1.165) is 0 Å². The van der Waals surface area contributed by atoms with Gasteiger partial charge in [-0.15, -0.1) is 0 Å². The molecule has 4 heterocycles. The highest BCUT2D eigenvalue weighted by atomic mass is 35.5. The zero-order valence-electron chi connectivity index (χ0n) is 57.2. The molecule has 0 N–H and O–H groups in total. The first kappa shape index (κ1) is 32.0. The maximum Gasteiger partial charge on any atom is 0.252 e. The molecule has 0 aliphatic carbocycles. The van der Waals surface area contributed by atoms with E-state index in [2.05, 4.69) is 0 Å². The minimum atomic E-state index is -1.48. The van der Waals surface area contributed by atoms with Crippen molar-refractivity contribution < 1.29 is 30.8 Å². The number of furan rings is 2. The SMILES string of the molecule is [2H]c1c([2H])c2c(c([2H])c1Cl)N(c1c([2H])c(-c3ccccc3)c([2H])c3c1oc1c([2H])c([2H])c(-c4ccccc4)c([2H])c13)c1cc(C(C)(C)C)cc3c1B2c1c([2H])c([2H])c(Cl)c([2H])c1N3c1c([2H])c(-c2ccccc2)c([2H])c2c1oc1c([2H])c([2H])c(-c3ccccc3)c([2H])c12. The van der Waals surface area contributed by atoms with Crippen molar-refractivity contribution in [2.24, 2.45) is 0 Å². The van der Waals surface area contributed by atoms with E-state index in [1.54, 1.807) is 133 Å². The van der Waals surface area contributed by atoms with Gasteiger partial charge >= 0.3 is 0 Å². The zero-order valence-corrected chi connectivity index (χ0v) is 42.8. The topological polar surface area (TPSA) is 32.8 Å². The molecule has 4 nitrogen and oxygen atoms in total. The normalized spacial score (nSPS) is 15.8. The number of benzene rings is 11. The Balaban J connectivity index is 1.17. The summed E-state index contributed by atoms with van der Waals surface area (Å²) in [7, 11) is 0. The molecule has 0 spiro atoms. The molecular formula is C70H47BCl2N2O2. The van der Waals surface area contributed by atoms with Crippen LogP contribution in [-0.2, 0) is 5.41 Å².